The summed E-state index contributed by atoms with van der Waals surface area (Å²) < 4.78 is 0. The predicted molar refractivity (Wildman–Crippen MR) is 52.6 cm³/mol. The maximum atomic E-state index is 10.8. The van der Waals surface area contributed by atoms with Gasteiger partial charge in [-0.1, -0.05) is 30.3 Å². The van der Waals surface area contributed by atoms with Crippen molar-refractivity contribution in [1.29, 1.82) is 0 Å². The molecule has 0 spiro atoms. The number of hydrogen-bond donors (Lipinski definition) is 0. The molecule has 0 saturated heterocycles. The SMILES string of the molecule is CCN(C(=O)[O-])C(C)c1ccccc1. The van der Waals surface area contributed by atoms with Gasteiger partial charge in [-0.3, -0.25) is 0 Å². The molecule has 1 atom stereocenters. The first-order valence-corrected chi connectivity index (χ1v) is 4.69. The van der Waals surface area contributed by atoms with Crippen LogP contribution in [0.3, 0.4) is 0 Å². The highest BCUT2D eigenvalue weighted by Crippen LogP contribution is 2.18. The van der Waals surface area contributed by atoms with E-state index in [2.05, 4.69) is 0 Å². The summed E-state index contributed by atoms with van der Waals surface area (Å²) in [6, 6.07) is 9.38. The van der Waals surface area contributed by atoms with E-state index in [-0.39, 0.29) is 6.04 Å². The van der Waals surface area contributed by atoms with Crippen LogP contribution in [0.2, 0.25) is 0 Å². The summed E-state index contributed by atoms with van der Waals surface area (Å²) in [6.45, 7) is 4.10. The van der Waals surface area contributed by atoms with E-state index in [4.69, 9.17) is 0 Å². The van der Waals surface area contributed by atoms with E-state index in [1.807, 2.05) is 37.3 Å². The van der Waals surface area contributed by atoms with Crippen LogP contribution < -0.4 is 5.11 Å². The van der Waals surface area contributed by atoms with Gasteiger partial charge in [-0.05, 0) is 19.4 Å². The van der Waals surface area contributed by atoms with Crippen molar-refractivity contribution in [2.75, 3.05) is 6.54 Å². The molecule has 14 heavy (non-hydrogen) atoms. The molecule has 0 radical (unpaired) electrons. The van der Waals surface area contributed by atoms with Gasteiger partial charge in [0.25, 0.3) is 0 Å². The molecule has 1 aromatic carbocycles. The van der Waals surface area contributed by atoms with E-state index < -0.39 is 6.09 Å². The van der Waals surface area contributed by atoms with Gasteiger partial charge >= 0.3 is 0 Å². The van der Waals surface area contributed by atoms with Crippen molar-refractivity contribution >= 4 is 6.09 Å². The van der Waals surface area contributed by atoms with Crippen LogP contribution >= 0.6 is 0 Å². The fourth-order valence-corrected chi connectivity index (χ4v) is 1.47. The molecule has 3 nitrogen and oxygen atoms in total. The Morgan fingerprint density at radius 1 is 1.43 bits per heavy atom. The Morgan fingerprint density at radius 2 is 2.00 bits per heavy atom. The molecule has 0 saturated carbocycles. The number of carboxylic acid groups (broad SMARTS) is 1. The Balaban J connectivity index is 2.83. The summed E-state index contributed by atoms with van der Waals surface area (Å²) in [6.07, 6.45) is -1.12. The molecule has 76 valence electrons. The van der Waals surface area contributed by atoms with Crippen LogP contribution in [0.25, 0.3) is 0 Å². The molecule has 0 fully saturated rings. The molecule has 1 rings (SSSR count). The molecule has 3 heteroatoms. The maximum absolute atomic E-state index is 10.8. The van der Waals surface area contributed by atoms with Crippen LogP contribution in [0, 0.1) is 0 Å². The monoisotopic (exact) mass is 192 g/mol. The van der Waals surface area contributed by atoms with Gasteiger partial charge in [0.05, 0.1) is 6.04 Å². The van der Waals surface area contributed by atoms with Crippen molar-refractivity contribution in [3.8, 4) is 0 Å². The summed E-state index contributed by atoms with van der Waals surface area (Å²) in [7, 11) is 0. The van der Waals surface area contributed by atoms with Gasteiger partial charge < -0.3 is 14.8 Å². The van der Waals surface area contributed by atoms with Crippen molar-refractivity contribution in [1.82, 2.24) is 4.90 Å². The van der Waals surface area contributed by atoms with Crippen LogP contribution in [0.4, 0.5) is 4.79 Å². The molecular weight excluding hydrogens is 178 g/mol. The van der Waals surface area contributed by atoms with Gasteiger partial charge in [-0.15, -0.1) is 0 Å². The fraction of sp³-hybridized carbons (Fsp3) is 0.364. The number of nitrogens with zero attached hydrogens (tertiary/aromatic N) is 1. The third kappa shape index (κ3) is 2.25. The third-order valence-corrected chi connectivity index (χ3v) is 2.32. The van der Waals surface area contributed by atoms with Crippen LogP contribution in [-0.4, -0.2) is 17.5 Å². The Labute approximate surface area is 84.0 Å². The van der Waals surface area contributed by atoms with Crippen molar-refractivity contribution in [2.24, 2.45) is 0 Å². The van der Waals surface area contributed by atoms with E-state index in [9.17, 15) is 9.90 Å². The number of amides is 1. The summed E-state index contributed by atoms with van der Waals surface area (Å²) in [5.74, 6) is 0. The molecule has 1 amide bonds. The van der Waals surface area contributed by atoms with Crippen LogP contribution in [0.1, 0.15) is 25.5 Å². The second kappa shape index (κ2) is 4.65. The number of rotatable bonds is 3. The van der Waals surface area contributed by atoms with Crippen molar-refractivity contribution < 1.29 is 9.90 Å². The maximum Gasteiger partial charge on any atom is 0.137 e. The van der Waals surface area contributed by atoms with Gasteiger partial charge in [0.2, 0.25) is 0 Å². The summed E-state index contributed by atoms with van der Waals surface area (Å²) in [5, 5.41) is 10.8. The highest BCUT2D eigenvalue weighted by molar-refractivity contribution is 5.63. The smallest absolute Gasteiger partial charge is 0.137 e. The summed E-state index contributed by atoms with van der Waals surface area (Å²) in [5.41, 5.74) is 0.985. The zero-order valence-corrected chi connectivity index (χ0v) is 8.43. The normalized spacial score (nSPS) is 12.1. The molecule has 0 aliphatic heterocycles. The Bertz CT molecular complexity index is 297. The molecule has 1 unspecified atom stereocenters. The molecule has 0 aliphatic rings. The van der Waals surface area contributed by atoms with Crippen LogP contribution in [0.5, 0.6) is 0 Å². The van der Waals surface area contributed by atoms with Gasteiger partial charge in [-0.2, -0.15) is 0 Å². The first-order valence-electron chi connectivity index (χ1n) is 4.69. The zero-order chi connectivity index (χ0) is 10.6. The van der Waals surface area contributed by atoms with Crippen molar-refractivity contribution in [3.05, 3.63) is 35.9 Å². The van der Waals surface area contributed by atoms with E-state index in [0.29, 0.717) is 6.54 Å². The van der Waals surface area contributed by atoms with Gasteiger partial charge in [0.15, 0.2) is 0 Å². The lowest BCUT2D eigenvalue weighted by molar-refractivity contribution is -0.267. The minimum absolute atomic E-state index is 0.147. The molecule has 0 aliphatic carbocycles. The molecular formula is C11H14NO2-. The average molecular weight is 192 g/mol. The lowest BCUT2D eigenvalue weighted by atomic mass is 10.1. The Hall–Kier alpha value is -1.51. The van der Waals surface area contributed by atoms with Crippen molar-refractivity contribution in [2.45, 2.75) is 19.9 Å². The first kappa shape index (κ1) is 10.6. The summed E-state index contributed by atoms with van der Waals surface area (Å²) >= 11 is 0. The molecule has 0 heterocycles. The Morgan fingerprint density at radius 3 is 2.43 bits per heavy atom. The van der Waals surface area contributed by atoms with Crippen LogP contribution in [0.15, 0.2) is 30.3 Å². The predicted octanol–water partition coefficient (Wildman–Crippen LogP) is 1.41. The van der Waals surface area contributed by atoms with E-state index in [0.717, 1.165) is 5.56 Å². The largest absolute Gasteiger partial charge is 0.530 e. The topological polar surface area (TPSA) is 43.4 Å². The van der Waals surface area contributed by atoms with Gasteiger partial charge in [0.1, 0.15) is 6.09 Å². The minimum Gasteiger partial charge on any atom is -0.530 e. The van der Waals surface area contributed by atoms with Crippen LogP contribution in [-0.2, 0) is 0 Å². The number of carbonyl (C=O) groups excluding carboxylic acids is 1. The van der Waals surface area contributed by atoms with Gasteiger partial charge in [-0.25, -0.2) is 0 Å². The lowest BCUT2D eigenvalue weighted by Crippen LogP contribution is -2.42. The summed E-state index contributed by atoms with van der Waals surface area (Å²) in [4.78, 5) is 12.1. The lowest BCUT2D eigenvalue weighted by Gasteiger charge is -2.30. The number of benzene rings is 1. The molecule has 0 N–H and O–H groups in total. The standard InChI is InChI=1S/C11H15NO2/c1-3-12(11(13)14)9(2)10-7-5-4-6-8-10/h4-9H,3H2,1-2H3,(H,13,14)/p-1. The Kier molecular flexibility index (Phi) is 3.51. The second-order valence-corrected chi connectivity index (χ2v) is 3.14. The minimum atomic E-state index is -1.12. The van der Waals surface area contributed by atoms with Gasteiger partial charge in [0, 0.05) is 6.54 Å². The molecule has 0 aromatic heterocycles. The van der Waals surface area contributed by atoms with Crippen molar-refractivity contribution in [3.63, 3.8) is 0 Å². The fourth-order valence-electron chi connectivity index (χ4n) is 1.47. The number of carbonyl (C=O) groups is 1. The second-order valence-electron chi connectivity index (χ2n) is 3.14. The van der Waals surface area contributed by atoms with E-state index >= 15 is 0 Å². The first-order chi connectivity index (χ1) is 6.66. The third-order valence-electron chi connectivity index (χ3n) is 2.32. The highest BCUT2D eigenvalue weighted by Gasteiger charge is 2.12. The highest BCUT2D eigenvalue weighted by atomic mass is 16.4. The number of hydrogen-bond acceptors (Lipinski definition) is 2. The molecule has 0 bridgehead atoms. The quantitative estimate of drug-likeness (QED) is 0.726. The van der Waals surface area contributed by atoms with E-state index in [1.165, 1.54) is 4.90 Å². The molecule has 1 aromatic rings. The van der Waals surface area contributed by atoms with E-state index in [1.54, 1.807) is 6.92 Å². The zero-order valence-electron chi connectivity index (χ0n) is 8.43. The average Bonchev–Trinajstić information content (AvgIpc) is 2.19.